The van der Waals surface area contributed by atoms with Gasteiger partial charge in [0.05, 0.1) is 11.9 Å². The summed E-state index contributed by atoms with van der Waals surface area (Å²) in [5, 5.41) is 0.845. The fourth-order valence-electron chi connectivity index (χ4n) is 1.25. The molecule has 0 radical (unpaired) electrons. The van der Waals surface area contributed by atoms with Gasteiger partial charge in [0.15, 0.2) is 0 Å². The van der Waals surface area contributed by atoms with E-state index >= 15 is 0 Å². The molecule has 4 nitrogen and oxygen atoms in total. The molecule has 0 amide bonds. The molecule has 0 unspecified atom stereocenters. The van der Waals surface area contributed by atoms with Crippen molar-refractivity contribution in [1.29, 1.82) is 0 Å². The van der Waals surface area contributed by atoms with Crippen molar-refractivity contribution in [1.82, 2.24) is 14.5 Å². The zero-order valence-corrected chi connectivity index (χ0v) is 6.94. The van der Waals surface area contributed by atoms with Crippen LogP contribution in [0.2, 0.25) is 0 Å². The average molecular weight is 172 g/mol. The molecule has 13 heavy (non-hydrogen) atoms. The SMILES string of the molecule is C#CCn1ccc2c(N)ncnc21. The van der Waals surface area contributed by atoms with Gasteiger partial charge >= 0.3 is 0 Å². The summed E-state index contributed by atoms with van der Waals surface area (Å²) in [5.74, 6) is 3.03. The van der Waals surface area contributed by atoms with Gasteiger partial charge in [0.25, 0.3) is 0 Å². The molecule has 0 saturated carbocycles. The zero-order valence-electron chi connectivity index (χ0n) is 6.94. The van der Waals surface area contributed by atoms with Gasteiger partial charge in [-0.2, -0.15) is 0 Å². The molecule has 0 bridgehead atoms. The van der Waals surface area contributed by atoms with Crippen LogP contribution in [0.1, 0.15) is 0 Å². The Balaban J connectivity index is 2.70. The van der Waals surface area contributed by atoms with Gasteiger partial charge in [-0.15, -0.1) is 6.42 Å². The summed E-state index contributed by atoms with van der Waals surface area (Å²) >= 11 is 0. The highest BCUT2D eigenvalue weighted by molar-refractivity contribution is 5.85. The lowest BCUT2D eigenvalue weighted by atomic mass is 10.4. The van der Waals surface area contributed by atoms with Crippen LogP contribution in [-0.2, 0) is 6.54 Å². The molecule has 0 atom stereocenters. The Morgan fingerprint density at radius 2 is 2.38 bits per heavy atom. The molecular formula is C9H8N4. The number of aromatic nitrogens is 3. The molecule has 2 N–H and O–H groups in total. The minimum absolute atomic E-state index is 0.487. The maximum atomic E-state index is 5.65. The van der Waals surface area contributed by atoms with E-state index in [0.717, 1.165) is 11.0 Å². The summed E-state index contributed by atoms with van der Waals surface area (Å²) in [6.07, 6.45) is 8.50. The third-order valence-electron chi connectivity index (χ3n) is 1.85. The molecule has 0 saturated heterocycles. The van der Waals surface area contributed by atoms with Gasteiger partial charge < -0.3 is 10.3 Å². The van der Waals surface area contributed by atoms with Crippen molar-refractivity contribution in [3.63, 3.8) is 0 Å². The number of nitrogen functional groups attached to an aromatic ring is 1. The van der Waals surface area contributed by atoms with E-state index in [9.17, 15) is 0 Å². The van der Waals surface area contributed by atoms with Gasteiger partial charge in [-0.05, 0) is 6.07 Å². The Morgan fingerprint density at radius 3 is 3.15 bits per heavy atom. The van der Waals surface area contributed by atoms with Crippen LogP contribution < -0.4 is 5.73 Å². The van der Waals surface area contributed by atoms with Crippen LogP contribution in [0.25, 0.3) is 11.0 Å². The van der Waals surface area contributed by atoms with Crippen molar-refractivity contribution in [2.24, 2.45) is 0 Å². The lowest BCUT2D eigenvalue weighted by molar-refractivity contribution is 0.869. The van der Waals surface area contributed by atoms with Gasteiger partial charge in [0, 0.05) is 6.20 Å². The Hall–Kier alpha value is -2.02. The standard InChI is InChI=1S/C9H8N4/c1-2-4-13-5-3-7-8(10)11-6-12-9(7)13/h1,3,5-6H,4H2,(H2,10,11,12). The molecule has 0 fully saturated rings. The van der Waals surface area contributed by atoms with E-state index in [2.05, 4.69) is 15.9 Å². The number of anilines is 1. The molecule has 0 aliphatic rings. The van der Waals surface area contributed by atoms with Crippen LogP contribution in [0.3, 0.4) is 0 Å². The van der Waals surface area contributed by atoms with Crippen LogP contribution in [0, 0.1) is 12.3 Å². The summed E-state index contributed by atoms with van der Waals surface area (Å²) in [4.78, 5) is 7.98. The number of nitrogens with zero attached hydrogens (tertiary/aromatic N) is 3. The van der Waals surface area contributed by atoms with Gasteiger partial charge in [-0.25, -0.2) is 9.97 Å². The third kappa shape index (κ3) is 1.11. The monoisotopic (exact) mass is 172 g/mol. The molecule has 2 aromatic heterocycles. The number of rotatable bonds is 1. The summed E-state index contributed by atoms with van der Waals surface area (Å²) < 4.78 is 1.85. The molecule has 0 aliphatic heterocycles. The minimum atomic E-state index is 0.487. The van der Waals surface area contributed by atoms with Crippen LogP contribution in [0.5, 0.6) is 0 Å². The first kappa shape index (κ1) is 7.62. The van der Waals surface area contributed by atoms with Crippen molar-refractivity contribution in [3.8, 4) is 12.3 Å². The maximum absolute atomic E-state index is 5.65. The maximum Gasteiger partial charge on any atom is 0.146 e. The zero-order chi connectivity index (χ0) is 9.26. The first-order valence-electron chi connectivity index (χ1n) is 3.81. The fraction of sp³-hybridized carbons (Fsp3) is 0.111. The van der Waals surface area contributed by atoms with Crippen molar-refractivity contribution in [2.75, 3.05) is 5.73 Å². The molecule has 2 heterocycles. The van der Waals surface area contributed by atoms with Crippen LogP contribution in [0.15, 0.2) is 18.6 Å². The van der Waals surface area contributed by atoms with E-state index < -0.39 is 0 Å². The first-order valence-corrected chi connectivity index (χ1v) is 3.81. The number of fused-ring (bicyclic) bond motifs is 1. The number of hydrogen-bond acceptors (Lipinski definition) is 3. The van der Waals surface area contributed by atoms with Crippen molar-refractivity contribution in [2.45, 2.75) is 6.54 Å². The lowest BCUT2D eigenvalue weighted by Gasteiger charge is -1.98. The topological polar surface area (TPSA) is 56.7 Å². The predicted molar refractivity (Wildman–Crippen MR) is 50.8 cm³/mol. The number of nitrogens with two attached hydrogens (primary N) is 1. The smallest absolute Gasteiger partial charge is 0.146 e. The fourth-order valence-corrected chi connectivity index (χ4v) is 1.25. The molecule has 2 aromatic rings. The summed E-state index contributed by atoms with van der Waals surface area (Å²) in [7, 11) is 0. The average Bonchev–Trinajstić information content (AvgIpc) is 2.51. The number of hydrogen-bond donors (Lipinski definition) is 1. The summed E-state index contributed by atoms with van der Waals surface area (Å²) in [5.41, 5.74) is 6.43. The van der Waals surface area contributed by atoms with E-state index in [1.165, 1.54) is 6.33 Å². The van der Waals surface area contributed by atoms with Gasteiger partial charge in [-0.3, -0.25) is 0 Å². The minimum Gasteiger partial charge on any atom is -0.383 e. The second kappa shape index (κ2) is 2.79. The highest BCUT2D eigenvalue weighted by Crippen LogP contribution is 2.16. The van der Waals surface area contributed by atoms with Crippen molar-refractivity contribution in [3.05, 3.63) is 18.6 Å². The Labute approximate surface area is 75.4 Å². The van der Waals surface area contributed by atoms with E-state index in [0.29, 0.717) is 12.4 Å². The molecule has 0 spiro atoms. The lowest BCUT2D eigenvalue weighted by Crippen LogP contribution is -1.97. The van der Waals surface area contributed by atoms with E-state index in [1.807, 2.05) is 16.8 Å². The molecule has 0 aliphatic carbocycles. The Kier molecular flexibility index (Phi) is 1.64. The predicted octanol–water partition coefficient (Wildman–Crippen LogP) is 0.647. The number of terminal acetylenes is 1. The highest BCUT2D eigenvalue weighted by atomic mass is 15.0. The van der Waals surface area contributed by atoms with Crippen LogP contribution in [0.4, 0.5) is 5.82 Å². The second-order valence-corrected chi connectivity index (χ2v) is 2.64. The highest BCUT2D eigenvalue weighted by Gasteiger charge is 2.03. The van der Waals surface area contributed by atoms with E-state index in [-0.39, 0.29) is 0 Å². The van der Waals surface area contributed by atoms with Gasteiger partial charge in [0.2, 0.25) is 0 Å². The Morgan fingerprint density at radius 1 is 1.54 bits per heavy atom. The van der Waals surface area contributed by atoms with Crippen LogP contribution in [-0.4, -0.2) is 14.5 Å². The first-order chi connectivity index (χ1) is 6.33. The van der Waals surface area contributed by atoms with Gasteiger partial charge in [-0.1, -0.05) is 5.92 Å². The van der Waals surface area contributed by atoms with E-state index in [4.69, 9.17) is 12.2 Å². The molecule has 0 aromatic carbocycles. The molecule has 64 valence electrons. The third-order valence-corrected chi connectivity index (χ3v) is 1.85. The van der Waals surface area contributed by atoms with E-state index in [1.54, 1.807) is 0 Å². The van der Waals surface area contributed by atoms with Gasteiger partial charge in [0.1, 0.15) is 17.8 Å². The molecular weight excluding hydrogens is 164 g/mol. The van der Waals surface area contributed by atoms with Crippen molar-refractivity contribution < 1.29 is 0 Å². The van der Waals surface area contributed by atoms with Crippen LogP contribution >= 0.6 is 0 Å². The molecule has 4 heteroatoms. The normalized spacial score (nSPS) is 10.1. The summed E-state index contributed by atoms with van der Waals surface area (Å²) in [6.45, 7) is 0.500. The quantitative estimate of drug-likeness (QED) is 0.642. The Bertz CT molecular complexity index is 478. The largest absolute Gasteiger partial charge is 0.383 e. The van der Waals surface area contributed by atoms with Crippen molar-refractivity contribution >= 4 is 16.9 Å². The second-order valence-electron chi connectivity index (χ2n) is 2.64. The molecule has 2 rings (SSSR count). The summed E-state index contributed by atoms with van der Waals surface area (Å²) in [6, 6.07) is 1.86.